The highest BCUT2D eigenvalue weighted by molar-refractivity contribution is 5.85. The third-order valence-corrected chi connectivity index (χ3v) is 4.28. The van der Waals surface area contributed by atoms with Crippen LogP contribution in [0.25, 0.3) is 0 Å². The number of ether oxygens (including phenoxy) is 2. The van der Waals surface area contributed by atoms with E-state index in [0.717, 1.165) is 31.6 Å². The molecule has 0 bridgehead atoms. The Morgan fingerprint density at radius 1 is 1.21 bits per heavy atom. The lowest BCUT2D eigenvalue weighted by Gasteiger charge is -2.35. The molecule has 0 saturated carbocycles. The summed E-state index contributed by atoms with van der Waals surface area (Å²) >= 11 is 0. The third kappa shape index (κ3) is 5.15. The van der Waals surface area contributed by atoms with Gasteiger partial charge in [0.15, 0.2) is 6.61 Å². The van der Waals surface area contributed by atoms with Crippen molar-refractivity contribution in [3.8, 4) is 11.5 Å². The lowest BCUT2D eigenvalue weighted by atomic mass is 10.00. The van der Waals surface area contributed by atoms with Crippen LogP contribution in [0.3, 0.4) is 0 Å². The van der Waals surface area contributed by atoms with Crippen molar-refractivity contribution in [1.29, 1.82) is 0 Å². The van der Waals surface area contributed by atoms with Crippen molar-refractivity contribution in [3.05, 3.63) is 24.3 Å². The van der Waals surface area contributed by atoms with Crippen LogP contribution in [0.5, 0.6) is 11.5 Å². The summed E-state index contributed by atoms with van der Waals surface area (Å²) in [6.45, 7) is 2.80. The molecule has 1 unspecified atom stereocenters. The number of nitrogens with one attached hydrogen (secondary N) is 1. The fourth-order valence-corrected chi connectivity index (χ4v) is 2.90. The van der Waals surface area contributed by atoms with Crippen molar-refractivity contribution < 1.29 is 19.1 Å². The number of nitrogens with zero attached hydrogens (tertiary/aromatic N) is 1. The van der Waals surface area contributed by atoms with Crippen LogP contribution < -0.4 is 14.8 Å². The number of benzene rings is 1. The van der Waals surface area contributed by atoms with Crippen LogP contribution in [-0.4, -0.2) is 49.6 Å². The zero-order chi connectivity index (χ0) is 17.4. The van der Waals surface area contributed by atoms with E-state index in [2.05, 4.69) is 12.2 Å². The van der Waals surface area contributed by atoms with Crippen molar-refractivity contribution in [2.75, 3.05) is 26.8 Å². The summed E-state index contributed by atoms with van der Waals surface area (Å²) in [5.74, 6) is 0.993. The molecule has 132 valence electrons. The topological polar surface area (TPSA) is 67.9 Å². The molecule has 1 aromatic rings. The second-order valence-electron chi connectivity index (χ2n) is 5.89. The summed E-state index contributed by atoms with van der Waals surface area (Å²) in [4.78, 5) is 26.0. The molecule has 1 aromatic carbocycles. The number of hydrogen-bond acceptors (Lipinski definition) is 4. The minimum Gasteiger partial charge on any atom is -0.497 e. The summed E-state index contributed by atoms with van der Waals surface area (Å²) < 4.78 is 10.5. The van der Waals surface area contributed by atoms with E-state index < -0.39 is 0 Å². The first-order chi connectivity index (χ1) is 11.6. The molecule has 2 rings (SSSR count). The normalized spacial score (nSPS) is 17.2. The van der Waals surface area contributed by atoms with Crippen LogP contribution in [0.15, 0.2) is 24.3 Å². The quantitative estimate of drug-likeness (QED) is 0.828. The van der Waals surface area contributed by atoms with Crippen LogP contribution in [0.1, 0.15) is 32.6 Å². The van der Waals surface area contributed by atoms with Crippen LogP contribution in [0.4, 0.5) is 0 Å². The molecule has 6 heteroatoms. The molecule has 1 N–H and O–H groups in total. The standard InChI is InChI=1S/C18H26N2O4/c1-3-14-6-4-5-11-20(14)18(22)12-19-17(21)13-24-16-9-7-15(23-2)8-10-16/h7-10,14H,3-6,11-13H2,1-2H3,(H,19,21). The van der Waals surface area contributed by atoms with Gasteiger partial charge in [0.2, 0.25) is 5.91 Å². The van der Waals surface area contributed by atoms with Gasteiger partial charge >= 0.3 is 0 Å². The number of carbonyl (C=O) groups excluding carboxylic acids is 2. The first kappa shape index (κ1) is 18.1. The van der Waals surface area contributed by atoms with E-state index >= 15 is 0 Å². The summed E-state index contributed by atoms with van der Waals surface area (Å²) in [6, 6.07) is 7.29. The Balaban J connectivity index is 1.72. The van der Waals surface area contributed by atoms with E-state index in [1.54, 1.807) is 31.4 Å². The number of amides is 2. The van der Waals surface area contributed by atoms with Crippen molar-refractivity contribution in [3.63, 3.8) is 0 Å². The van der Waals surface area contributed by atoms with Gasteiger partial charge in [-0.05, 0) is 49.9 Å². The fourth-order valence-electron chi connectivity index (χ4n) is 2.90. The fraction of sp³-hybridized carbons (Fsp3) is 0.556. The Morgan fingerprint density at radius 3 is 2.58 bits per heavy atom. The first-order valence-corrected chi connectivity index (χ1v) is 8.47. The predicted octanol–water partition coefficient (Wildman–Crippen LogP) is 1.98. The lowest BCUT2D eigenvalue weighted by Crippen LogP contribution is -2.48. The zero-order valence-electron chi connectivity index (χ0n) is 14.4. The molecule has 6 nitrogen and oxygen atoms in total. The Kier molecular flexibility index (Phi) is 6.90. The van der Waals surface area contributed by atoms with Crippen molar-refractivity contribution in [2.24, 2.45) is 0 Å². The van der Waals surface area contributed by atoms with Gasteiger partial charge in [0.1, 0.15) is 11.5 Å². The molecule has 0 aromatic heterocycles. The highest BCUT2D eigenvalue weighted by Gasteiger charge is 2.25. The van der Waals surface area contributed by atoms with E-state index in [9.17, 15) is 9.59 Å². The average molecular weight is 334 g/mol. The first-order valence-electron chi connectivity index (χ1n) is 8.47. The van der Waals surface area contributed by atoms with Crippen molar-refractivity contribution in [2.45, 2.75) is 38.6 Å². The molecule has 24 heavy (non-hydrogen) atoms. The molecule has 0 spiro atoms. The predicted molar refractivity (Wildman–Crippen MR) is 91.1 cm³/mol. The van der Waals surface area contributed by atoms with E-state index in [-0.39, 0.29) is 25.0 Å². The monoisotopic (exact) mass is 334 g/mol. The maximum Gasteiger partial charge on any atom is 0.258 e. The molecule has 1 aliphatic rings. The molecular formula is C18H26N2O4. The average Bonchev–Trinajstić information content (AvgIpc) is 2.64. The highest BCUT2D eigenvalue weighted by atomic mass is 16.5. The molecular weight excluding hydrogens is 308 g/mol. The summed E-state index contributed by atoms with van der Waals surface area (Å²) in [6.07, 6.45) is 4.22. The Labute approximate surface area is 143 Å². The molecule has 1 atom stereocenters. The largest absolute Gasteiger partial charge is 0.497 e. The van der Waals surface area contributed by atoms with Crippen LogP contribution in [0, 0.1) is 0 Å². The molecule has 1 fully saturated rings. The molecule has 1 aliphatic heterocycles. The maximum absolute atomic E-state index is 12.3. The van der Waals surface area contributed by atoms with E-state index in [1.807, 2.05) is 4.90 Å². The van der Waals surface area contributed by atoms with E-state index in [4.69, 9.17) is 9.47 Å². The number of hydrogen-bond donors (Lipinski definition) is 1. The second-order valence-corrected chi connectivity index (χ2v) is 5.89. The van der Waals surface area contributed by atoms with Gasteiger partial charge in [0, 0.05) is 12.6 Å². The van der Waals surface area contributed by atoms with Gasteiger partial charge < -0.3 is 19.7 Å². The summed E-state index contributed by atoms with van der Waals surface area (Å²) in [7, 11) is 1.59. The Hall–Kier alpha value is -2.24. The Bertz CT molecular complexity index is 544. The molecule has 0 aliphatic carbocycles. The van der Waals surface area contributed by atoms with Gasteiger partial charge in [-0.2, -0.15) is 0 Å². The highest BCUT2D eigenvalue weighted by Crippen LogP contribution is 2.19. The van der Waals surface area contributed by atoms with Crippen LogP contribution >= 0.6 is 0 Å². The number of likely N-dealkylation sites (tertiary alicyclic amines) is 1. The van der Waals surface area contributed by atoms with Gasteiger partial charge in [0.05, 0.1) is 13.7 Å². The SMILES string of the molecule is CCC1CCCCN1C(=O)CNC(=O)COc1ccc(OC)cc1. The molecule has 1 heterocycles. The molecule has 0 radical (unpaired) electrons. The summed E-state index contributed by atoms with van der Waals surface area (Å²) in [5, 5.41) is 2.64. The number of methoxy groups -OCH3 is 1. The van der Waals surface area contributed by atoms with Crippen molar-refractivity contribution >= 4 is 11.8 Å². The van der Waals surface area contributed by atoms with Gasteiger partial charge in [0.25, 0.3) is 5.91 Å². The lowest BCUT2D eigenvalue weighted by molar-refractivity contribution is -0.136. The minimum atomic E-state index is -0.302. The van der Waals surface area contributed by atoms with Gasteiger partial charge in [-0.25, -0.2) is 0 Å². The number of carbonyl (C=O) groups is 2. The van der Waals surface area contributed by atoms with Gasteiger partial charge in [-0.1, -0.05) is 6.92 Å². The molecule has 2 amide bonds. The van der Waals surface area contributed by atoms with Gasteiger partial charge in [-0.15, -0.1) is 0 Å². The van der Waals surface area contributed by atoms with Crippen LogP contribution in [0.2, 0.25) is 0 Å². The second kappa shape index (κ2) is 9.15. The molecule has 1 saturated heterocycles. The van der Waals surface area contributed by atoms with E-state index in [0.29, 0.717) is 11.8 Å². The third-order valence-electron chi connectivity index (χ3n) is 4.28. The minimum absolute atomic E-state index is 0.0145. The van der Waals surface area contributed by atoms with Crippen molar-refractivity contribution in [1.82, 2.24) is 10.2 Å². The number of rotatable bonds is 7. The Morgan fingerprint density at radius 2 is 1.92 bits per heavy atom. The van der Waals surface area contributed by atoms with E-state index in [1.165, 1.54) is 6.42 Å². The van der Waals surface area contributed by atoms with Gasteiger partial charge in [-0.3, -0.25) is 9.59 Å². The smallest absolute Gasteiger partial charge is 0.258 e. The number of piperidine rings is 1. The van der Waals surface area contributed by atoms with Crippen LogP contribution in [-0.2, 0) is 9.59 Å². The zero-order valence-corrected chi connectivity index (χ0v) is 14.4. The summed E-state index contributed by atoms with van der Waals surface area (Å²) in [5.41, 5.74) is 0. The maximum atomic E-state index is 12.3.